The van der Waals surface area contributed by atoms with Crippen LogP contribution in [0.15, 0.2) is 54.7 Å². The summed E-state index contributed by atoms with van der Waals surface area (Å²) in [4.78, 5) is 8.58. The maximum Gasteiger partial charge on any atom is 0.238 e. The third-order valence-electron chi connectivity index (χ3n) is 2.47. The molecular weight excluding hydrogens is 228 g/mol. The fraction of sp³-hybridized carbons (Fsp3) is 0. The average molecular weight is 238 g/mol. The number of rotatable bonds is 2. The summed E-state index contributed by atoms with van der Waals surface area (Å²) in [6.07, 6.45) is 1.56. The van der Waals surface area contributed by atoms with E-state index in [9.17, 15) is 5.11 Å². The molecule has 4 nitrogen and oxygen atoms in total. The third-order valence-corrected chi connectivity index (χ3v) is 2.47. The maximum atomic E-state index is 9.35. The van der Waals surface area contributed by atoms with Gasteiger partial charge in [0.25, 0.3) is 0 Å². The number of phenolic OH excluding ortho intramolecular Hbond substituents is 1. The van der Waals surface area contributed by atoms with E-state index in [-0.39, 0.29) is 5.75 Å². The van der Waals surface area contributed by atoms with Crippen LogP contribution >= 0.6 is 0 Å². The summed E-state index contributed by atoms with van der Waals surface area (Å²) in [5, 5.41) is 9.35. The summed E-state index contributed by atoms with van der Waals surface area (Å²) in [6, 6.07) is 14.1. The Morgan fingerprint density at radius 1 is 0.944 bits per heavy atom. The zero-order chi connectivity index (χ0) is 12.4. The Labute approximate surface area is 104 Å². The molecule has 1 aromatic heterocycles. The van der Waals surface area contributed by atoms with E-state index in [1.807, 2.05) is 24.3 Å². The molecule has 0 aliphatic carbocycles. The van der Waals surface area contributed by atoms with Crippen molar-refractivity contribution in [2.24, 2.45) is 0 Å². The normalized spacial score (nSPS) is 10.4. The molecule has 2 aromatic carbocycles. The van der Waals surface area contributed by atoms with Gasteiger partial charge in [0.1, 0.15) is 11.5 Å². The average Bonchev–Trinajstić information content (AvgIpc) is 2.39. The number of phenols is 1. The number of hydrogen-bond donors (Lipinski definition) is 1. The lowest BCUT2D eigenvalue weighted by molar-refractivity contribution is 0.445. The molecule has 0 atom stereocenters. The van der Waals surface area contributed by atoms with Crippen molar-refractivity contribution in [3.8, 4) is 17.4 Å². The maximum absolute atomic E-state index is 9.35. The van der Waals surface area contributed by atoms with Gasteiger partial charge in [0.15, 0.2) is 0 Å². The number of ether oxygens (including phenoxy) is 1. The van der Waals surface area contributed by atoms with Crippen molar-refractivity contribution in [2.75, 3.05) is 0 Å². The van der Waals surface area contributed by atoms with Crippen molar-refractivity contribution in [3.05, 3.63) is 54.7 Å². The van der Waals surface area contributed by atoms with E-state index in [0.29, 0.717) is 11.6 Å². The molecule has 3 rings (SSSR count). The van der Waals surface area contributed by atoms with Crippen molar-refractivity contribution < 1.29 is 9.84 Å². The molecule has 1 heterocycles. The molecule has 0 saturated heterocycles. The van der Waals surface area contributed by atoms with Gasteiger partial charge in [-0.15, -0.1) is 0 Å². The van der Waals surface area contributed by atoms with Crippen LogP contribution in [-0.2, 0) is 0 Å². The highest BCUT2D eigenvalue weighted by molar-refractivity contribution is 5.74. The molecule has 0 bridgehead atoms. The molecule has 18 heavy (non-hydrogen) atoms. The molecule has 3 aromatic rings. The summed E-state index contributed by atoms with van der Waals surface area (Å²) < 4.78 is 5.53. The van der Waals surface area contributed by atoms with Gasteiger partial charge in [-0.25, -0.2) is 9.97 Å². The molecule has 0 fully saturated rings. The largest absolute Gasteiger partial charge is 0.508 e. The summed E-state index contributed by atoms with van der Waals surface area (Å²) in [5.74, 6) is 1.08. The quantitative estimate of drug-likeness (QED) is 0.745. The van der Waals surface area contributed by atoms with Crippen molar-refractivity contribution in [1.82, 2.24) is 9.97 Å². The monoisotopic (exact) mass is 238 g/mol. The second-order valence-electron chi connectivity index (χ2n) is 3.80. The van der Waals surface area contributed by atoms with Crippen LogP contribution in [-0.4, -0.2) is 15.1 Å². The molecule has 0 radical (unpaired) electrons. The van der Waals surface area contributed by atoms with Crippen LogP contribution < -0.4 is 4.74 Å². The molecule has 0 aliphatic heterocycles. The van der Waals surface area contributed by atoms with Crippen molar-refractivity contribution in [1.29, 1.82) is 0 Å². The first-order valence-electron chi connectivity index (χ1n) is 5.50. The van der Waals surface area contributed by atoms with Crippen LogP contribution in [0.4, 0.5) is 0 Å². The number of para-hydroxylation sites is 2. The first-order valence-corrected chi connectivity index (χ1v) is 5.50. The van der Waals surface area contributed by atoms with Crippen LogP contribution in [0, 0.1) is 0 Å². The summed E-state index contributed by atoms with van der Waals surface area (Å²) in [6.45, 7) is 0. The molecule has 0 aliphatic rings. The summed E-state index contributed by atoms with van der Waals surface area (Å²) in [7, 11) is 0. The number of aromatic hydroxyl groups is 1. The van der Waals surface area contributed by atoms with Gasteiger partial charge in [-0.1, -0.05) is 18.2 Å². The minimum Gasteiger partial charge on any atom is -0.508 e. The van der Waals surface area contributed by atoms with Crippen LogP contribution in [0.25, 0.3) is 11.0 Å². The molecule has 0 unspecified atom stereocenters. The van der Waals surface area contributed by atoms with Gasteiger partial charge in [-0.05, 0) is 24.3 Å². The van der Waals surface area contributed by atoms with E-state index in [1.165, 1.54) is 6.07 Å². The lowest BCUT2D eigenvalue weighted by atomic mass is 10.3. The van der Waals surface area contributed by atoms with Crippen LogP contribution in [0.1, 0.15) is 0 Å². The highest BCUT2D eigenvalue weighted by Gasteiger charge is 2.02. The van der Waals surface area contributed by atoms with Gasteiger partial charge in [-0.2, -0.15) is 0 Å². The smallest absolute Gasteiger partial charge is 0.238 e. The van der Waals surface area contributed by atoms with Gasteiger partial charge >= 0.3 is 0 Å². The Bertz CT molecular complexity index is 698. The van der Waals surface area contributed by atoms with Gasteiger partial charge in [0, 0.05) is 6.07 Å². The standard InChI is InChI=1S/C14H10N2O2/c17-10-4-3-5-11(8-10)18-14-9-15-12-6-1-2-7-13(12)16-14/h1-9,17H. The van der Waals surface area contributed by atoms with Crippen LogP contribution in [0.5, 0.6) is 17.4 Å². The predicted molar refractivity (Wildman–Crippen MR) is 67.7 cm³/mol. The highest BCUT2D eigenvalue weighted by Crippen LogP contribution is 2.23. The summed E-state index contributed by atoms with van der Waals surface area (Å²) in [5.41, 5.74) is 1.59. The van der Waals surface area contributed by atoms with Crippen LogP contribution in [0.2, 0.25) is 0 Å². The molecule has 0 spiro atoms. The Morgan fingerprint density at radius 2 is 1.78 bits per heavy atom. The van der Waals surface area contributed by atoms with E-state index in [1.54, 1.807) is 24.4 Å². The third kappa shape index (κ3) is 2.08. The highest BCUT2D eigenvalue weighted by atomic mass is 16.5. The molecule has 0 amide bonds. The summed E-state index contributed by atoms with van der Waals surface area (Å²) >= 11 is 0. The minimum absolute atomic E-state index is 0.154. The van der Waals surface area contributed by atoms with E-state index in [4.69, 9.17) is 4.74 Å². The first kappa shape index (κ1) is 10.5. The van der Waals surface area contributed by atoms with E-state index < -0.39 is 0 Å². The predicted octanol–water partition coefficient (Wildman–Crippen LogP) is 3.13. The lowest BCUT2D eigenvalue weighted by Gasteiger charge is -2.05. The van der Waals surface area contributed by atoms with Gasteiger partial charge in [-0.3, -0.25) is 0 Å². The zero-order valence-corrected chi connectivity index (χ0v) is 9.45. The molecule has 88 valence electrons. The number of hydrogen-bond acceptors (Lipinski definition) is 4. The molecule has 0 saturated carbocycles. The SMILES string of the molecule is Oc1cccc(Oc2cnc3ccccc3n2)c1. The first-order chi connectivity index (χ1) is 8.81. The molecular formula is C14H10N2O2. The van der Waals surface area contributed by atoms with Crippen molar-refractivity contribution in [3.63, 3.8) is 0 Å². The van der Waals surface area contributed by atoms with Crippen molar-refractivity contribution in [2.45, 2.75) is 0 Å². The number of fused-ring (bicyclic) bond motifs is 1. The van der Waals surface area contributed by atoms with E-state index >= 15 is 0 Å². The Morgan fingerprint density at radius 3 is 2.61 bits per heavy atom. The number of aromatic nitrogens is 2. The second kappa shape index (κ2) is 4.33. The lowest BCUT2D eigenvalue weighted by Crippen LogP contribution is -1.90. The van der Waals surface area contributed by atoms with Gasteiger partial charge < -0.3 is 9.84 Å². The van der Waals surface area contributed by atoms with Gasteiger partial charge in [0.2, 0.25) is 5.88 Å². The molecule has 4 heteroatoms. The number of nitrogens with zero attached hydrogens (tertiary/aromatic N) is 2. The second-order valence-corrected chi connectivity index (χ2v) is 3.80. The van der Waals surface area contributed by atoms with Crippen LogP contribution in [0.3, 0.4) is 0 Å². The van der Waals surface area contributed by atoms with E-state index in [0.717, 1.165) is 11.0 Å². The fourth-order valence-electron chi connectivity index (χ4n) is 1.66. The van der Waals surface area contributed by atoms with Gasteiger partial charge in [0.05, 0.1) is 17.2 Å². The van der Waals surface area contributed by atoms with E-state index in [2.05, 4.69) is 9.97 Å². The minimum atomic E-state index is 0.154. The fourth-order valence-corrected chi connectivity index (χ4v) is 1.66. The Kier molecular flexibility index (Phi) is 2.53. The molecule has 1 N–H and O–H groups in total. The Balaban J connectivity index is 1.95. The zero-order valence-electron chi connectivity index (χ0n) is 9.45. The van der Waals surface area contributed by atoms with Crippen molar-refractivity contribution >= 4 is 11.0 Å². The topological polar surface area (TPSA) is 55.2 Å². The Hall–Kier alpha value is -2.62. The number of benzene rings is 2.